The van der Waals surface area contributed by atoms with Gasteiger partial charge in [-0.25, -0.2) is 0 Å². The van der Waals surface area contributed by atoms with Crippen LogP contribution < -0.4 is 14.2 Å². The maximum atomic E-state index is 10.7. The van der Waals surface area contributed by atoms with E-state index >= 15 is 0 Å². The van der Waals surface area contributed by atoms with Crippen LogP contribution >= 0.6 is 0 Å². The molecule has 0 N–H and O–H groups in total. The number of methoxy groups -OCH3 is 2. The molecule has 0 amide bonds. The maximum Gasteiger partial charge on any atom is 0.308 e. The summed E-state index contributed by atoms with van der Waals surface area (Å²) in [7, 11) is 3.07. The first kappa shape index (κ1) is 14.3. The van der Waals surface area contributed by atoms with E-state index in [-0.39, 0.29) is 35.5 Å². The van der Waals surface area contributed by atoms with Gasteiger partial charge in [-0.1, -0.05) is 0 Å². The van der Waals surface area contributed by atoms with Crippen LogP contribution in [0.2, 0.25) is 0 Å². The summed E-state index contributed by atoms with van der Waals surface area (Å²) in [5.41, 5.74) is 0. The average molecular weight is 219 g/mol. The Morgan fingerprint density at radius 1 is 1.13 bits per heavy atom. The second-order valence-electron chi connectivity index (χ2n) is 2.61. The first-order chi connectivity index (χ1) is 6.67. The van der Waals surface area contributed by atoms with E-state index in [0.717, 1.165) is 0 Å². The van der Waals surface area contributed by atoms with Crippen molar-refractivity contribution in [2.75, 3.05) is 14.2 Å². The molecule has 0 spiro atoms. The van der Waals surface area contributed by atoms with Gasteiger partial charge in [0.15, 0.2) is 11.5 Å². The zero-order valence-electron chi connectivity index (χ0n) is 9.37. The van der Waals surface area contributed by atoms with Crippen LogP contribution in [0.5, 0.6) is 17.2 Å². The van der Waals surface area contributed by atoms with E-state index in [4.69, 9.17) is 14.2 Å². The molecule has 0 unspecified atom stereocenters. The fourth-order valence-corrected chi connectivity index (χ4v) is 1.05. The molecule has 0 fully saturated rings. The molecule has 0 heterocycles. The minimum absolute atomic E-state index is 0. The summed E-state index contributed by atoms with van der Waals surface area (Å²) >= 11 is 0. The van der Waals surface area contributed by atoms with Crippen LogP contribution in [0.4, 0.5) is 0 Å². The molecule has 4 nitrogen and oxygen atoms in total. The monoisotopic (exact) mass is 219 g/mol. The van der Waals surface area contributed by atoms with Gasteiger partial charge in [-0.3, -0.25) is 4.79 Å². The summed E-state index contributed by atoms with van der Waals surface area (Å²) in [5.74, 6) is 1.21. The van der Waals surface area contributed by atoms with E-state index in [1.54, 1.807) is 25.3 Å². The minimum atomic E-state index is -0.364. The molecule has 0 aliphatic rings. The van der Waals surface area contributed by atoms with Gasteiger partial charge < -0.3 is 14.2 Å². The molecular formula is C10H12NaO4. The van der Waals surface area contributed by atoms with Crippen molar-refractivity contribution < 1.29 is 19.0 Å². The maximum absolute atomic E-state index is 10.7. The van der Waals surface area contributed by atoms with Crippen LogP contribution in [0.25, 0.3) is 0 Å². The van der Waals surface area contributed by atoms with Gasteiger partial charge in [0.2, 0.25) is 0 Å². The average Bonchev–Trinajstić information content (AvgIpc) is 2.16. The number of hydrogen-bond acceptors (Lipinski definition) is 4. The third-order valence-corrected chi connectivity index (χ3v) is 1.62. The van der Waals surface area contributed by atoms with Gasteiger partial charge in [-0.05, 0) is 12.1 Å². The van der Waals surface area contributed by atoms with Crippen LogP contribution in [0.15, 0.2) is 18.2 Å². The Morgan fingerprint density at radius 3 is 2.20 bits per heavy atom. The van der Waals surface area contributed by atoms with E-state index < -0.39 is 0 Å². The number of carbonyl (C=O) groups excluding carboxylic acids is 1. The molecular weight excluding hydrogens is 207 g/mol. The predicted molar refractivity (Wildman–Crippen MR) is 56.6 cm³/mol. The van der Waals surface area contributed by atoms with Crippen LogP contribution in [0, 0.1) is 0 Å². The summed E-state index contributed by atoms with van der Waals surface area (Å²) in [5, 5.41) is 0. The van der Waals surface area contributed by atoms with Gasteiger partial charge >= 0.3 is 5.97 Å². The summed E-state index contributed by atoms with van der Waals surface area (Å²) < 4.78 is 15.0. The van der Waals surface area contributed by atoms with Crippen LogP contribution in [-0.2, 0) is 4.79 Å². The Balaban J connectivity index is 0.00000196. The van der Waals surface area contributed by atoms with Crippen molar-refractivity contribution in [3.05, 3.63) is 18.2 Å². The molecule has 1 rings (SSSR count). The van der Waals surface area contributed by atoms with E-state index in [1.807, 2.05) is 0 Å². The smallest absolute Gasteiger partial charge is 0.308 e. The number of ether oxygens (including phenoxy) is 3. The third kappa shape index (κ3) is 4.11. The van der Waals surface area contributed by atoms with E-state index in [1.165, 1.54) is 14.0 Å². The number of hydrogen-bond donors (Lipinski definition) is 0. The second-order valence-corrected chi connectivity index (χ2v) is 2.61. The Hall–Kier alpha value is -0.710. The fourth-order valence-electron chi connectivity index (χ4n) is 1.05. The van der Waals surface area contributed by atoms with E-state index in [9.17, 15) is 4.79 Å². The summed E-state index contributed by atoms with van der Waals surface area (Å²) in [6.45, 7) is 1.34. The van der Waals surface area contributed by atoms with Gasteiger partial charge in [-0.2, -0.15) is 0 Å². The van der Waals surface area contributed by atoms with Crippen molar-refractivity contribution in [3.63, 3.8) is 0 Å². The van der Waals surface area contributed by atoms with Crippen molar-refractivity contribution >= 4 is 35.5 Å². The van der Waals surface area contributed by atoms with Crippen molar-refractivity contribution in [1.29, 1.82) is 0 Å². The molecule has 0 aliphatic carbocycles. The Kier molecular flexibility index (Phi) is 6.40. The SMILES string of the molecule is COc1ccc(OC(C)=O)cc1OC.[Na]. The number of carbonyl (C=O) groups is 1. The Morgan fingerprint density at radius 2 is 1.73 bits per heavy atom. The molecule has 0 aromatic heterocycles. The van der Waals surface area contributed by atoms with Crippen LogP contribution in [0.3, 0.4) is 0 Å². The number of esters is 1. The van der Waals surface area contributed by atoms with Gasteiger partial charge in [0.05, 0.1) is 14.2 Å². The van der Waals surface area contributed by atoms with Gasteiger partial charge in [0.1, 0.15) is 5.75 Å². The molecule has 1 aromatic rings. The molecule has 0 saturated carbocycles. The zero-order chi connectivity index (χ0) is 10.6. The predicted octanol–water partition coefficient (Wildman–Crippen LogP) is 1.25. The van der Waals surface area contributed by atoms with Crippen molar-refractivity contribution in [3.8, 4) is 17.2 Å². The molecule has 0 aliphatic heterocycles. The van der Waals surface area contributed by atoms with Crippen molar-refractivity contribution in [2.24, 2.45) is 0 Å². The molecule has 0 atom stereocenters. The van der Waals surface area contributed by atoms with Crippen molar-refractivity contribution in [2.45, 2.75) is 6.92 Å². The van der Waals surface area contributed by atoms with E-state index in [2.05, 4.69) is 0 Å². The van der Waals surface area contributed by atoms with Crippen molar-refractivity contribution in [1.82, 2.24) is 0 Å². The summed E-state index contributed by atoms with van der Waals surface area (Å²) in [6.07, 6.45) is 0. The number of benzene rings is 1. The van der Waals surface area contributed by atoms with Crippen LogP contribution in [-0.4, -0.2) is 49.7 Å². The Bertz CT molecular complexity index is 338. The molecule has 0 saturated heterocycles. The first-order valence-electron chi connectivity index (χ1n) is 4.08. The number of rotatable bonds is 3. The van der Waals surface area contributed by atoms with Gasteiger partial charge in [0, 0.05) is 42.5 Å². The summed E-state index contributed by atoms with van der Waals surface area (Å²) in [4.78, 5) is 10.7. The van der Waals surface area contributed by atoms with Crippen LogP contribution in [0.1, 0.15) is 6.92 Å². The Labute approximate surface area is 111 Å². The molecule has 5 heteroatoms. The summed E-state index contributed by atoms with van der Waals surface area (Å²) in [6, 6.07) is 4.92. The molecule has 0 bridgehead atoms. The van der Waals surface area contributed by atoms with E-state index in [0.29, 0.717) is 17.2 Å². The topological polar surface area (TPSA) is 44.8 Å². The fraction of sp³-hybridized carbons (Fsp3) is 0.300. The molecule has 1 aromatic carbocycles. The molecule has 15 heavy (non-hydrogen) atoms. The van der Waals surface area contributed by atoms with Gasteiger partial charge in [-0.15, -0.1) is 0 Å². The normalized spacial score (nSPS) is 8.73. The molecule has 77 valence electrons. The van der Waals surface area contributed by atoms with Gasteiger partial charge in [0.25, 0.3) is 0 Å². The second kappa shape index (κ2) is 6.71. The minimum Gasteiger partial charge on any atom is -0.493 e. The standard InChI is InChI=1S/C10H12O4.Na/c1-7(11)14-8-4-5-9(12-2)10(6-8)13-3;/h4-6H,1-3H3;. The first-order valence-corrected chi connectivity index (χ1v) is 4.08. The largest absolute Gasteiger partial charge is 0.493 e. The third-order valence-electron chi connectivity index (χ3n) is 1.62. The molecule has 1 radical (unpaired) electrons. The quantitative estimate of drug-likeness (QED) is 0.436. The zero-order valence-corrected chi connectivity index (χ0v) is 11.4.